The van der Waals surface area contributed by atoms with Crippen LogP contribution in [0.25, 0.3) is 0 Å². The largest absolute Gasteiger partial charge is 0.492 e. The molecule has 154 valence electrons. The van der Waals surface area contributed by atoms with Crippen LogP contribution in [0, 0.1) is 11.6 Å². The smallest absolute Gasteiger partial charge is 0.251 e. The minimum Gasteiger partial charge on any atom is -0.492 e. The van der Waals surface area contributed by atoms with Crippen molar-refractivity contribution >= 4 is 5.91 Å². The summed E-state index contributed by atoms with van der Waals surface area (Å²) in [6.45, 7) is 2.90. The van der Waals surface area contributed by atoms with Crippen molar-refractivity contribution < 1.29 is 18.3 Å². The molecule has 3 aromatic carbocycles. The Morgan fingerprint density at radius 3 is 2.30 bits per heavy atom. The molecule has 1 aliphatic heterocycles. The molecule has 0 spiro atoms. The molecule has 0 unspecified atom stereocenters. The molecule has 1 aliphatic rings. The van der Waals surface area contributed by atoms with E-state index in [9.17, 15) is 13.6 Å². The first-order chi connectivity index (χ1) is 14.6. The van der Waals surface area contributed by atoms with E-state index in [2.05, 4.69) is 10.2 Å². The quantitative estimate of drug-likeness (QED) is 0.685. The average Bonchev–Trinajstić information content (AvgIpc) is 2.95. The Morgan fingerprint density at radius 2 is 1.60 bits per heavy atom. The third-order valence-corrected chi connectivity index (χ3v) is 5.07. The number of hydrogen-bond donors (Lipinski definition) is 1. The van der Waals surface area contributed by atoms with Crippen LogP contribution in [0.15, 0.2) is 66.7 Å². The molecule has 1 N–H and O–H groups in total. The predicted octanol–water partition coefficient (Wildman–Crippen LogP) is 4.29. The number of benzene rings is 3. The van der Waals surface area contributed by atoms with Gasteiger partial charge in [-0.15, -0.1) is 0 Å². The van der Waals surface area contributed by atoms with Gasteiger partial charge in [0.25, 0.3) is 5.91 Å². The maximum Gasteiger partial charge on any atom is 0.251 e. The minimum absolute atomic E-state index is 0.198. The van der Waals surface area contributed by atoms with Gasteiger partial charge in [-0.2, -0.15) is 0 Å². The van der Waals surface area contributed by atoms with E-state index in [4.69, 9.17) is 4.74 Å². The Hall–Kier alpha value is -3.25. The van der Waals surface area contributed by atoms with Crippen LogP contribution >= 0.6 is 0 Å². The molecule has 6 heteroatoms. The lowest BCUT2D eigenvalue weighted by molar-refractivity contribution is 0.0950. The molecule has 4 rings (SSSR count). The van der Waals surface area contributed by atoms with Gasteiger partial charge in [-0.1, -0.05) is 24.3 Å². The predicted molar refractivity (Wildman–Crippen MR) is 110 cm³/mol. The summed E-state index contributed by atoms with van der Waals surface area (Å²) >= 11 is 0. The van der Waals surface area contributed by atoms with Crippen LogP contribution in [0.2, 0.25) is 0 Å². The monoisotopic (exact) mass is 408 g/mol. The molecule has 0 fully saturated rings. The maximum absolute atomic E-state index is 13.1. The van der Waals surface area contributed by atoms with Crippen molar-refractivity contribution in [3.63, 3.8) is 0 Å². The highest BCUT2D eigenvalue weighted by molar-refractivity contribution is 5.94. The summed E-state index contributed by atoms with van der Waals surface area (Å²) in [4.78, 5) is 14.8. The molecular weight excluding hydrogens is 386 g/mol. The van der Waals surface area contributed by atoms with E-state index in [1.807, 2.05) is 12.1 Å². The number of fused-ring (bicyclic) bond motifs is 1. The average molecular weight is 408 g/mol. The summed E-state index contributed by atoms with van der Waals surface area (Å²) in [5, 5.41) is 2.86. The van der Waals surface area contributed by atoms with Gasteiger partial charge < -0.3 is 10.1 Å². The standard InChI is InChI=1S/C24H22F2N2O2/c25-21-6-1-17(2-7-21)14-27-24(29)19-5-10-23-20(13-19)16-28(11-12-30-23)15-18-3-8-22(26)9-4-18/h1-10,13H,11-12,14-16H2,(H,27,29). The number of hydrogen-bond acceptors (Lipinski definition) is 3. The Morgan fingerprint density at radius 1 is 0.933 bits per heavy atom. The highest BCUT2D eigenvalue weighted by Gasteiger charge is 2.18. The fourth-order valence-corrected chi connectivity index (χ4v) is 3.46. The van der Waals surface area contributed by atoms with Gasteiger partial charge in [0.2, 0.25) is 0 Å². The first kappa shape index (κ1) is 20.0. The van der Waals surface area contributed by atoms with E-state index in [-0.39, 0.29) is 17.5 Å². The van der Waals surface area contributed by atoms with Gasteiger partial charge in [-0.05, 0) is 53.6 Å². The second-order valence-electron chi connectivity index (χ2n) is 7.32. The van der Waals surface area contributed by atoms with Crippen molar-refractivity contribution in [3.8, 4) is 5.75 Å². The lowest BCUT2D eigenvalue weighted by atomic mass is 10.1. The highest BCUT2D eigenvalue weighted by Crippen LogP contribution is 2.25. The number of amides is 1. The number of ether oxygens (including phenoxy) is 1. The Balaban J connectivity index is 1.43. The van der Waals surface area contributed by atoms with Crippen LogP contribution in [0.5, 0.6) is 5.75 Å². The second-order valence-corrected chi connectivity index (χ2v) is 7.32. The molecular formula is C24H22F2N2O2. The minimum atomic E-state index is -0.305. The summed E-state index contributed by atoms with van der Waals surface area (Å²) < 4.78 is 32.0. The van der Waals surface area contributed by atoms with Crippen LogP contribution in [0.1, 0.15) is 27.0 Å². The van der Waals surface area contributed by atoms with Crippen LogP contribution in [-0.2, 0) is 19.6 Å². The zero-order chi connectivity index (χ0) is 20.9. The van der Waals surface area contributed by atoms with Crippen LogP contribution in [0.4, 0.5) is 8.78 Å². The van der Waals surface area contributed by atoms with E-state index < -0.39 is 0 Å². The van der Waals surface area contributed by atoms with Gasteiger partial charge in [0, 0.05) is 37.3 Å². The summed E-state index contributed by atoms with van der Waals surface area (Å²) in [5.41, 5.74) is 3.33. The molecule has 1 amide bonds. The molecule has 0 aromatic heterocycles. The van der Waals surface area contributed by atoms with E-state index in [0.29, 0.717) is 31.8 Å². The first-order valence-electron chi connectivity index (χ1n) is 9.82. The third-order valence-electron chi connectivity index (χ3n) is 5.07. The lowest BCUT2D eigenvalue weighted by Gasteiger charge is -2.19. The molecule has 0 radical (unpaired) electrons. The molecule has 0 saturated heterocycles. The summed E-state index contributed by atoms with van der Waals surface area (Å²) in [6, 6.07) is 17.9. The van der Waals surface area contributed by atoms with E-state index in [0.717, 1.165) is 29.0 Å². The van der Waals surface area contributed by atoms with Crippen molar-refractivity contribution in [2.75, 3.05) is 13.2 Å². The fraction of sp³-hybridized carbons (Fsp3) is 0.208. The van der Waals surface area contributed by atoms with Gasteiger partial charge in [-0.25, -0.2) is 8.78 Å². The first-order valence-corrected chi connectivity index (χ1v) is 9.82. The molecule has 30 heavy (non-hydrogen) atoms. The number of rotatable bonds is 5. The topological polar surface area (TPSA) is 41.6 Å². The summed E-state index contributed by atoms with van der Waals surface area (Å²) in [5.74, 6) is 0.0174. The number of carbonyl (C=O) groups excluding carboxylic acids is 1. The van der Waals surface area contributed by atoms with Gasteiger partial charge in [0.15, 0.2) is 0 Å². The van der Waals surface area contributed by atoms with E-state index >= 15 is 0 Å². The Labute approximate surface area is 174 Å². The molecule has 0 aliphatic carbocycles. The number of nitrogens with one attached hydrogen (secondary N) is 1. The number of nitrogens with zero attached hydrogens (tertiary/aromatic N) is 1. The molecule has 4 nitrogen and oxygen atoms in total. The van der Waals surface area contributed by atoms with Gasteiger partial charge in [0.1, 0.15) is 24.0 Å². The van der Waals surface area contributed by atoms with Gasteiger partial charge in [-0.3, -0.25) is 9.69 Å². The van der Waals surface area contributed by atoms with Gasteiger partial charge in [0.05, 0.1) is 0 Å². The van der Waals surface area contributed by atoms with Crippen molar-refractivity contribution in [2.24, 2.45) is 0 Å². The lowest BCUT2D eigenvalue weighted by Crippen LogP contribution is -2.25. The normalized spacial score (nSPS) is 13.8. The van der Waals surface area contributed by atoms with E-state index in [1.54, 1.807) is 30.3 Å². The molecule has 0 saturated carbocycles. The molecule has 0 atom stereocenters. The second kappa shape index (κ2) is 9.05. The Kier molecular flexibility index (Phi) is 6.05. The summed E-state index contributed by atoms with van der Waals surface area (Å²) in [6.07, 6.45) is 0. The SMILES string of the molecule is O=C(NCc1ccc(F)cc1)c1ccc2c(c1)CN(Cc1ccc(F)cc1)CCO2. The van der Waals surface area contributed by atoms with E-state index in [1.165, 1.54) is 24.3 Å². The fourth-order valence-electron chi connectivity index (χ4n) is 3.46. The molecule has 0 bridgehead atoms. The highest BCUT2D eigenvalue weighted by atomic mass is 19.1. The van der Waals surface area contributed by atoms with Crippen molar-refractivity contribution in [1.82, 2.24) is 10.2 Å². The van der Waals surface area contributed by atoms with Crippen molar-refractivity contribution in [1.29, 1.82) is 0 Å². The maximum atomic E-state index is 13.1. The molecule has 3 aromatic rings. The Bertz CT molecular complexity index is 1020. The van der Waals surface area contributed by atoms with Crippen LogP contribution < -0.4 is 10.1 Å². The van der Waals surface area contributed by atoms with Crippen molar-refractivity contribution in [3.05, 3.63) is 101 Å². The molecule has 1 heterocycles. The zero-order valence-electron chi connectivity index (χ0n) is 16.4. The number of carbonyl (C=O) groups is 1. The number of halogens is 2. The van der Waals surface area contributed by atoms with Crippen LogP contribution in [-0.4, -0.2) is 24.0 Å². The zero-order valence-corrected chi connectivity index (χ0v) is 16.4. The summed E-state index contributed by atoms with van der Waals surface area (Å²) in [7, 11) is 0. The third kappa shape index (κ3) is 5.02. The van der Waals surface area contributed by atoms with Crippen molar-refractivity contribution in [2.45, 2.75) is 19.6 Å². The van der Waals surface area contributed by atoms with Crippen LogP contribution in [0.3, 0.4) is 0 Å². The van der Waals surface area contributed by atoms with Gasteiger partial charge >= 0.3 is 0 Å².